The molecule has 1 atom stereocenters. The number of aromatic nitrogens is 3. The molecule has 0 aliphatic carbocycles. The van der Waals surface area contributed by atoms with Crippen molar-refractivity contribution >= 4 is 40.1 Å². The summed E-state index contributed by atoms with van der Waals surface area (Å²) in [5.41, 5.74) is 3.59. The van der Waals surface area contributed by atoms with E-state index in [1.54, 1.807) is 24.7 Å². The summed E-state index contributed by atoms with van der Waals surface area (Å²) < 4.78 is 12.2. The van der Waals surface area contributed by atoms with Gasteiger partial charge in [-0.25, -0.2) is 9.78 Å². The number of carbonyl (C=O) groups excluding carboxylic acids is 1. The van der Waals surface area contributed by atoms with Crippen LogP contribution in [0.5, 0.6) is 5.75 Å². The largest absolute Gasteiger partial charge is 0.492 e. The lowest BCUT2D eigenvalue weighted by Crippen LogP contribution is -2.46. The van der Waals surface area contributed by atoms with Crippen LogP contribution in [0.25, 0.3) is 22.0 Å². The highest BCUT2D eigenvalue weighted by Crippen LogP contribution is 2.38. The molecule has 9 nitrogen and oxygen atoms in total. The van der Waals surface area contributed by atoms with Crippen LogP contribution in [0.3, 0.4) is 0 Å². The molecule has 1 saturated heterocycles. The average Bonchev–Trinajstić information content (AvgIpc) is 2.93. The van der Waals surface area contributed by atoms with Crippen LogP contribution in [0.15, 0.2) is 53.7 Å². The Morgan fingerprint density at radius 2 is 1.88 bits per heavy atom. The van der Waals surface area contributed by atoms with Crippen LogP contribution in [-0.2, 0) is 4.74 Å². The van der Waals surface area contributed by atoms with E-state index in [-0.39, 0.29) is 17.7 Å². The van der Waals surface area contributed by atoms with E-state index in [0.717, 1.165) is 36.0 Å². The molecule has 0 radical (unpaired) electrons. The zero-order valence-corrected chi connectivity index (χ0v) is 26.0. The molecular formula is C33H38ClN5O4. The number of ether oxygens (including phenoxy) is 2. The molecule has 0 spiro atoms. The number of amides is 1. The van der Waals surface area contributed by atoms with Gasteiger partial charge in [-0.1, -0.05) is 40.9 Å². The van der Waals surface area contributed by atoms with Crippen molar-refractivity contribution in [2.45, 2.75) is 71.9 Å². The summed E-state index contributed by atoms with van der Waals surface area (Å²) in [6.45, 7) is 10.6. The quantitative estimate of drug-likeness (QED) is 0.224. The van der Waals surface area contributed by atoms with E-state index in [4.69, 9.17) is 21.1 Å². The molecule has 226 valence electrons. The summed E-state index contributed by atoms with van der Waals surface area (Å²) in [6, 6.07) is 9.57. The maximum Gasteiger partial charge on any atom is 0.410 e. The van der Waals surface area contributed by atoms with Gasteiger partial charge in [-0.2, -0.15) is 0 Å². The van der Waals surface area contributed by atoms with Crippen molar-refractivity contribution < 1.29 is 14.3 Å². The van der Waals surface area contributed by atoms with Crippen molar-refractivity contribution in [3.8, 4) is 16.9 Å². The highest BCUT2D eigenvalue weighted by Gasteiger charge is 2.30. The lowest BCUT2D eigenvalue weighted by molar-refractivity contribution is 0.00745. The van der Waals surface area contributed by atoms with Gasteiger partial charge in [0.1, 0.15) is 17.2 Å². The summed E-state index contributed by atoms with van der Waals surface area (Å²) in [7, 11) is 0. The third-order valence-corrected chi connectivity index (χ3v) is 7.66. The Morgan fingerprint density at radius 3 is 2.58 bits per heavy atom. The van der Waals surface area contributed by atoms with Crippen LogP contribution in [-0.4, -0.2) is 50.7 Å². The predicted molar refractivity (Wildman–Crippen MR) is 170 cm³/mol. The number of aryl methyl sites for hydroxylation is 2. The second-order valence-corrected chi connectivity index (χ2v) is 12.5. The number of hydrogen-bond acceptors (Lipinski definition) is 7. The highest BCUT2D eigenvalue weighted by molar-refractivity contribution is 6.34. The Hall–Kier alpha value is -4.11. The van der Waals surface area contributed by atoms with Gasteiger partial charge >= 0.3 is 6.09 Å². The molecule has 10 heteroatoms. The van der Waals surface area contributed by atoms with Crippen LogP contribution < -0.4 is 15.6 Å². The van der Waals surface area contributed by atoms with Crippen molar-refractivity contribution in [3.63, 3.8) is 0 Å². The molecule has 5 rings (SSSR count). The first-order chi connectivity index (χ1) is 20.5. The molecule has 2 aromatic heterocycles. The predicted octanol–water partition coefficient (Wildman–Crippen LogP) is 7.56. The van der Waals surface area contributed by atoms with Crippen molar-refractivity contribution in [1.29, 1.82) is 0 Å². The van der Waals surface area contributed by atoms with Crippen LogP contribution in [0.2, 0.25) is 5.02 Å². The van der Waals surface area contributed by atoms with Gasteiger partial charge in [0.05, 0.1) is 34.6 Å². The molecule has 2 N–H and O–H groups in total. The van der Waals surface area contributed by atoms with Gasteiger partial charge < -0.3 is 24.7 Å². The minimum atomic E-state index is -0.571. The van der Waals surface area contributed by atoms with E-state index in [1.165, 1.54) is 0 Å². The molecule has 2 aromatic carbocycles. The third-order valence-electron chi connectivity index (χ3n) is 7.34. The number of H-pyrrole nitrogens is 1. The molecule has 0 bridgehead atoms. The van der Waals surface area contributed by atoms with Gasteiger partial charge in [-0.15, -0.1) is 0 Å². The Morgan fingerprint density at radius 1 is 1.12 bits per heavy atom. The van der Waals surface area contributed by atoms with E-state index in [0.29, 0.717) is 58.3 Å². The molecule has 1 amide bonds. The normalized spacial score (nSPS) is 15.4. The first-order valence-electron chi connectivity index (χ1n) is 14.6. The number of rotatable bonds is 7. The van der Waals surface area contributed by atoms with Crippen LogP contribution in [0, 0.1) is 13.8 Å². The lowest BCUT2D eigenvalue weighted by Gasteiger charge is -2.36. The second-order valence-electron chi connectivity index (χ2n) is 12.1. The average molecular weight is 604 g/mol. The number of nitrogens with zero attached hydrogens (tertiary/aromatic N) is 3. The summed E-state index contributed by atoms with van der Waals surface area (Å²) >= 11 is 6.63. The van der Waals surface area contributed by atoms with Gasteiger partial charge in [0.2, 0.25) is 0 Å². The highest BCUT2D eigenvalue weighted by atomic mass is 35.5. The number of likely N-dealkylation sites (tertiary alicyclic amines) is 1. The number of hydrogen-bond donors (Lipinski definition) is 2. The van der Waals surface area contributed by atoms with Gasteiger partial charge in [0, 0.05) is 36.8 Å². The molecule has 0 saturated carbocycles. The molecule has 1 unspecified atom stereocenters. The van der Waals surface area contributed by atoms with E-state index >= 15 is 0 Å². The third kappa shape index (κ3) is 7.28. The Labute approximate surface area is 256 Å². The fraction of sp³-hybridized carbons (Fsp3) is 0.394. The Bertz CT molecular complexity index is 1660. The summed E-state index contributed by atoms with van der Waals surface area (Å²) in [5.74, 6) is 0.993. The second kappa shape index (κ2) is 12.6. The fourth-order valence-corrected chi connectivity index (χ4v) is 5.79. The van der Waals surface area contributed by atoms with E-state index in [9.17, 15) is 9.59 Å². The first kappa shape index (κ1) is 30.4. The molecule has 43 heavy (non-hydrogen) atoms. The summed E-state index contributed by atoms with van der Waals surface area (Å²) in [5, 5.41) is 4.32. The zero-order valence-electron chi connectivity index (χ0n) is 25.3. The van der Waals surface area contributed by atoms with E-state index < -0.39 is 5.60 Å². The number of carbonyl (C=O) groups is 1. The summed E-state index contributed by atoms with van der Waals surface area (Å²) in [6.07, 6.45) is 7.92. The van der Waals surface area contributed by atoms with Gasteiger partial charge in [-0.3, -0.25) is 9.78 Å². The zero-order chi connectivity index (χ0) is 30.7. The topological polar surface area (TPSA) is 109 Å². The van der Waals surface area contributed by atoms with E-state index in [1.807, 2.05) is 57.7 Å². The maximum absolute atomic E-state index is 13.6. The van der Waals surface area contributed by atoms with Crippen LogP contribution in [0.1, 0.15) is 57.6 Å². The summed E-state index contributed by atoms with van der Waals surface area (Å²) in [4.78, 5) is 39.9. The van der Waals surface area contributed by atoms with Crippen molar-refractivity contribution in [3.05, 3.63) is 75.4 Å². The molecular weight excluding hydrogens is 566 g/mol. The number of aromatic amines is 1. The molecule has 1 fully saturated rings. The lowest BCUT2D eigenvalue weighted by atomic mass is 9.98. The minimum Gasteiger partial charge on any atom is -0.492 e. The number of pyridine rings is 1. The molecule has 4 aromatic rings. The molecule has 3 heterocycles. The van der Waals surface area contributed by atoms with Gasteiger partial charge in [-0.05, 0) is 71.6 Å². The maximum atomic E-state index is 13.6. The smallest absolute Gasteiger partial charge is 0.410 e. The minimum absolute atomic E-state index is 0.0233. The van der Waals surface area contributed by atoms with Crippen molar-refractivity contribution in [1.82, 2.24) is 19.9 Å². The van der Waals surface area contributed by atoms with Gasteiger partial charge in [0.25, 0.3) is 5.56 Å². The van der Waals surface area contributed by atoms with E-state index in [2.05, 4.69) is 26.3 Å². The number of benzene rings is 2. The fourth-order valence-electron chi connectivity index (χ4n) is 5.57. The Balaban J connectivity index is 1.53. The Kier molecular flexibility index (Phi) is 8.92. The first-order valence-corrected chi connectivity index (χ1v) is 15.0. The number of anilines is 2. The SMILES string of the molecule is Cc1cc(C)cc(-c2c(OCCC3CCCCN3C(=O)OC(C)(C)C)c3cc(Nc4cnccn4)c(Cl)cc3[nH]c2=O)c1. The molecule has 1 aliphatic rings. The number of nitrogens with one attached hydrogen (secondary N) is 2. The van der Waals surface area contributed by atoms with Gasteiger partial charge in [0.15, 0.2) is 0 Å². The number of fused-ring (bicyclic) bond motifs is 1. The van der Waals surface area contributed by atoms with Crippen molar-refractivity contribution in [2.75, 3.05) is 18.5 Å². The number of halogens is 1. The molecule has 1 aliphatic heterocycles. The standard InChI is InChI=1S/C33H38ClN5O4/c1-20-14-21(2)16-22(15-20)29-30(42-13-9-23-8-6-7-12-39(23)32(41)43-33(3,4)5)24-17-27(37-28-19-35-10-11-36-28)25(34)18-26(24)38-31(29)40/h10-11,14-19,23H,6-9,12-13H2,1-5H3,(H,36,37)(H,38,40). The monoisotopic (exact) mass is 603 g/mol. The number of piperidine rings is 1. The van der Waals surface area contributed by atoms with Crippen LogP contribution in [0.4, 0.5) is 16.3 Å². The van der Waals surface area contributed by atoms with Crippen LogP contribution >= 0.6 is 11.6 Å². The van der Waals surface area contributed by atoms with Crippen molar-refractivity contribution in [2.24, 2.45) is 0 Å².